The fraction of sp³-hybridized carbons (Fsp3) is 0.308. The summed E-state index contributed by atoms with van der Waals surface area (Å²) in [6, 6.07) is 4.50. The molecule has 1 atom stereocenters. The fourth-order valence-corrected chi connectivity index (χ4v) is 2.23. The molecule has 7 heteroatoms. The molecular weight excluding hydrogens is 261 g/mol. The summed E-state index contributed by atoms with van der Waals surface area (Å²) in [5.41, 5.74) is 0.742. The van der Waals surface area contributed by atoms with E-state index < -0.39 is 5.82 Å². The second kappa shape index (κ2) is 5.38. The van der Waals surface area contributed by atoms with Gasteiger partial charge in [-0.25, -0.2) is 14.1 Å². The number of rotatable bonds is 3. The van der Waals surface area contributed by atoms with Crippen LogP contribution >= 0.6 is 0 Å². The van der Waals surface area contributed by atoms with Crippen molar-refractivity contribution in [3.05, 3.63) is 36.7 Å². The lowest BCUT2D eigenvalue weighted by atomic mass is 10.1. The smallest absolute Gasteiger partial charge is 0.228 e. The first kappa shape index (κ1) is 12.7. The van der Waals surface area contributed by atoms with Crippen molar-refractivity contribution in [3.8, 4) is 5.69 Å². The monoisotopic (exact) mass is 275 g/mol. The summed E-state index contributed by atoms with van der Waals surface area (Å²) in [5, 5.41) is 9.73. The number of nitrogens with zero attached hydrogens (tertiary/aromatic N) is 3. The normalized spacial score (nSPS) is 18.1. The van der Waals surface area contributed by atoms with E-state index in [1.54, 1.807) is 12.1 Å². The number of halogens is 1. The Labute approximate surface area is 115 Å². The van der Waals surface area contributed by atoms with Crippen molar-refractivity contribution in [3.63, 3.8) is 0 Å². The molecule has 0 saturated carbocycles. The first-order valence-corrected chi connectivity index (χ1v) is 6.40. The van der Waals surface area contributed by atoms with Crippen molar-refractivity contribution in [1.29, 1.82) is 0 Å². The van der Waals surface area contributed by atoms with Crippen LogP contribution in [0.1, 0.15) is 6.42 Å². The number of anilines is 1. The van der Waals surface area contributed by atoms with E-state index in [0.717, 1.165) is 13.0 Å². The summed E-state index contributed by atoms with van der Waals surface area (Å²) in [6.07, 6.45) is 3.56. The van der Waals surface area contributed by atoms with Crippen molar-refractivity contribution in [2.24, 2.45) is 5.92 Å². The summed E-state index contributed by atoms with van der Waals surface area (Å²) < 4.78 is 15.3. The Hall–Kier alpha value is -2.28. The second-order valence-electron chi connectivity index (χ2n) is 4.69. The molecule has 2 N–H and O–H groups in total. The van der Waals surface area contributed by atoms with Crippen molar-refractivity contribution in [2.45, 2.75) is 6.42 Å². The molecule has 1 aromatic heterocycles. The standard InChI is InChI=1S/C13H14FN5O/c14-11-5-10(18-13(20)9-3-4-15-6-9)1-2-12(11)19-8-16-7-17-19/h1-2,5,7-9,15H,3-4,6H2,(H,18,20). The average Bonchev–Trinajstić information content (AvgIpc) is 3.12. The molecule has 0 bridgehead atoms. The predicted molar refractivity (Wildman–Crippen MR) is 70.9 cm³/mol. The molecule has 1 unspecified atom stereocenters. The predicted octanol–water partition coefficient (Wildman–Crippen LogP) is 0.954. The van der Waals surface area contributed by atoms with Gasteiger partial charge in [-0.1, -0.05) is 0 Å². The molecule has 1 fully saturated rings. The summed E-state index contributed by atoms with van der Waals surface area (Å²) >= 11 is 0. The Kier molecular flexibility index (Phi) is 3.42. The highest BCUT2D eigenvalue weighted by atomic mass is 19.1. The van der Waals surface area contributed by atoms with Crippen molar-refractivity contribution in [2.75, 3.05) is 18.4 Å². The van der Waals surface area contributed by atoms with Crippen LogP contribution in [-0.4, -0.2) is 33.8 Å². The van der Waals surface area contributed by atoms with Gasteiger partial charge in [0.05, 0.1) is 5.92 Å². The van der Waals surface area contributed by atoms with Gasteiger partial charge in [0.25, 0.3) is 0 Å². The molecule has 1 amide bonds. The molecule has 2 aromatic rings. The highest BCUT2D eigenvalue weighted by Gasteiger charge is 2.22. The third-order valence-electron chi connectivity index (χ3n) is 3.31. The molecule has 0 aliphatic carbocycles. The number of carbonyl (C=O) groups excluding carboxylic acids is 1. The van der Waals surface area contributed by atoms with Gasteiger partial charge in [0, 0.05) is 12.2 Å². The SMILES string of the molecule is O=C(Nc1ccc(-n2cncn2)c(F)c1)C1CCNC1. The maximum atomic E-state index is 14.0. The second-order valence-corrected chi connectivity index (χ2v) is 4.69. The molecule has 0 spiro atoms. The zero-order valence-electron chi connectivity index (χ0n) is 10.7. The molecular formula is C13H14FN5O. The van der Waals surface area contributed by atoms with Crippen molar-refractivity contribution >= 4 is 11.6 Å². The molecule has 1 aromatic carbocycles. The number of benzene rings is 1. The van der Waals surface area contributed by atoms with Crippen molar-refractivity contribution in [1.82, 2.24) is 20.1 Å². The molecule has 2 heterocycles. The van der Waals surface area contributed by atoms with Gasteiger partial charge in [-0.15, -0.1) is 0 Å². The molecule has 0 radical (unpaired) electrons. The molecule has 20 heavy (non-hydrogen) atoms. The average molecular weight is 275 g/mol. The van der Waals surface area contributed by atoms with Gasteiger partial charge in [0.2, 0.25) is 5.91 Å². The topological polar surface area (TPSA) is 71.8 Å². The largest absolute Gasteiger partial charge is 0.326 e. The number of hydrogen-bond acceptors (Lipinski definition) is 4. The van der Waals surface area contributed by atoms with E-state index in [-0.39, 0.29) is 11.8 Å². The van der Waals surface area contributed by atoms with Crippen LogP contribution in [0.2, 0.25) is 0 Å². The first-order chi connectivity index (χ1) is 9.74. The van der Waals surface area contributed by atoms with Crippen LogP contribution < -0.4 is 10.6 Å². The number of aromatic nitrogens is 3. The van der Waals surface area contributed by atoms with Gasteiger partial charge in [-0.3, -0.25) is 4.79 Å². The lowest BCUT2D eigenvalue weighted by Crippen LogP contribution is -2.24. The number of nitrogens with one attached hydrogen (secondary N) is 2. The Morgan fingerprint density at radius 1 is 1.50 bits per heavy atom. The first-order valence-electron chi connectivity index (χ1n) is 6.40. The molecule has 1 aliphatic heterocycles. The number of hydrogen-bond donors (Lipinski definition) is 2. The minimum atomic E-state index is -0.460. The zero-order valence-corrected chi connectivity index (χ0v) is 10.7. The van der Waals surface area contributed by atoms with Gasteiger partial charge < -0.3 is 10.6 Å². The Balaban J connectivity index is 1.75. The van der Waals surface area contributed by atoms with E-state index in [4.69, 9.17) is 0 Å². The Morgan fingerprint density at radius 3 is 3.05 bits per heavy atom. The van der Waals surface area contributed by atoms with Crippen LogP contribution in [0.5, 0.6) is 0 Å². The quantitative estimate of drug-likeness (QED) is 0.875. The summed E-state index contributed by atoms with van der Waals surface area (Å²) in [4.78, 5) is 15.7. The molecule has 1 aliphatic rings. The Morgan fingerprint density at radius 2 is 2.40 bits per heavy atom. The van der Waals surface area contributed by atoms with E-state index in [1.807, 2.05) is 0 Å². The van der Waals surface area contributed by atoms with Crippen LogP contribution in [0.25, 0.3) is 5.69 Å². The number of carbonyl (C=O) groups is 1. The molecule has 1 saturated heterocycles. The summed E-state index contributed by atoms with van der Waals surface area (Å²) in [5.74, 6) is -0.589. The third kappa shape index (κ3) is 2.53. The van der Waals surface area contributed by atoms with Gasteiger partial charge >= 0.3 is 0 Å². The summed E-state index contributed by atoms with van der Waals surface area (Å²) in [7, 11) is 0. The minimum Gasteiger partial charge on any atom is -0.326 e. The van der Waals surface area contributed by atoms with E-state index in [1.165, 1.54) is 23.4 Å². The van der Waals surface area contributed by atoms with E-state index in [0.29, 0.717) is 17.9 Å². The van der Waals surface area contributed by atoms with E-state index in [9.17, 15) is 9.18 Å². The lowest BCUT2D eigenvalue weighted by molar-refractivity contribution is -0.119. The fourth-order valence-electron chi connectivity index (χ4n) is 2.23. The van der Waals surface area contributed by atoms with Crippen LogP contribution in [-0.2, 0) is 4.79 Å². The van der Waals surface area contributed by atoms with Crippen LogP contribution in [0.3, 0.4) is 0 Å². The van der Waals surface area contributed by atoms with Crippen LogP contribution in [0.15, 0.2) is 30.9 Å². The van der Waals surface area contributed by atoms with Crippen LogP contribution in [0, 0.1) is 11.7 Å². The molecule has 3 rings (SSSR count). The lowest BCUT2D eigenvalue weighted by Gasteiger charge is -2.11. The third-order valence-corrected chi connectivity index (χ3v) is 3.31. The van der Waals surface area contributed by atoms with Gasteiger partial charge in [0.15, 0.2) is 5.82 Å². The maximum Gasteiger partial charge on any atom is 0.228 e. The number of amides is 1. The minimum absolute atomic E-state index is 0.0481. The maximum absolute atomic E-state index is 14.0. The molecule has 6 nitrogen and oxygen atoms in total. The van der Waals surface area contributed by atoms with E-state index >= 15 is 0 Å². The highest BCUT2D eigenvalue weighted by molar-refractivity contribution is 5.93. The zero-order chi connectivity index (χ0) is 13.9. The van der Waals surface area contributed by atoms with E-state index in [2.05, 4.69) is 20.7 Å². The van der Waals surface area contributed by atoms with Crippen molar-refractivity contribution < 1.29 is 9.18 Å². The van der Waals surface area contributed by atoms with Gasteiger partial charge in [0.1, 0.15) is 18.3 Å². The van der Waals surface area contributed by atoms with Crippen LogP contribution in [0.4, 0.5) is 10.1 Å². The summed E-state index contributed by atoms with van der Waals surface area (Å²) in [6.45, 7) is 1.52. The Bertz CT molecular complexity index is 607. The van der Waals surface area contributed by atoms with Gasteiger partial charge in [-0.05, 0) is 31.2 Å². The van der Waals surface area contributed by atoms with Gasteiger partial charge in [-0.2, -0.15) is 5.10 Å². The molecule has 104 valence electrons. The highest BCUT2D eigenvalue weighted by Crippen LogP contribution is 2.19.